The number of carbonyl (C=O) groups excluding carboxylic acids is 1. The van der Waals surface area contributed by atoms with Gasteiger partial charge in [-0.15, -0.1) is 0 Å². The van der Waals surface area contributed by atoms with E-state index in [0.29, 0.717) is 11.4 Å². The van der Waals surface area contributed by atoms with Crippen LogP contribution in [-0.2, 0) is 16.8 Å². The Balaban J connectivity index is 2.00. The first-order valence-corrected chi connectivity index (χ1v) is 9.08. The van der Waals surface area contributed by atoms with Crippen molar-refractivity contribution >= 4 is 11.6 Å². The lowest BCUT2D eigenvalue weighted by molar-refractivity contribution is -0.907. The molecule has 2 rings (SSSR count). The number of quaternary nitrogens is 1. The first kappa shape index (κ1) is 20.0. The maximum atomic E-state index is 12.6. The lowest BCUT2D eigenvalue weighted by atomic mass is 9.87. The molecule has 0 bridgehead atoms. The molecule has 140 valence electrons. The van der Waals surface area contributed by atoms with Crippen LogP contribution in [0.4, 0.5) is 5.69 Å². The molecule has 2 aromatic carbocycles. The van der Waals surface area contributed by atoms with Gasteiger partial charge in [-0.25, -0.2) is 0 Å². The minimum atomic E-state index is -0.179. The van der Waals surface area contributed by atoms with Crippen LogP contribution in [0.15, 0.2) is 48.5 Å². The molecule has 0 saturated heterocycles. The maximum absolute atomic E-state index is 12.6. The number of benzene rings is 2. The van der Waals surface area contributed by atoms with Gasteiger partial charge in [0, 0.05) is 5.56 Å². The van der Waals surface area contributed by atoms with E-state index in [1.165, 1.54) is 11.1 Å². The highest BCUT2D eigenvalue weighted by atomic mass is 16.5. The molecule has 2 aromatic rings. The zero-order chi connectivity index (χ0) is 19.3. The van der Waals surface area contributed by atoms with E-state index in [-0.39, 0.29) is 17.4 Å². The van der Waals surface area contributed by atoms with Crippen molar-refractivity contribution in [1.82, 2.24) is 0 Å². The summed E-state index contributed by atoms with van der Waals surface area (Å²) in [5.74, 6) is 0.654. The van der Waals surface area contributed by atoms with Gasteiger partial charge in [0.25, 0.3) is 5.91 Å². The Morgan fingerprint density at radius 1 is 1.12 bits per heavy atom. The van der Waals surface area contributed by atoms with Crippen LogP contribution in [0.25, 0.3) is 0 Å². The van der Waals surface area contributed by atoms with Crippen LogP contribution < -0.4 is 15.0 Å². The van der Waals surface area contributed by atoms with Gasteiger partial charge in [0.2, 0.25) is 0 Å². The Bertz CT molecular complexity index is 733. The van der Waals surface area contributed by atoms with Crippen molar-refractivity contribution in [3.63, 3.8) is 0 Å². The van der Waals surface area contributed by atoms with E-state index in [9.17, 15) is 4.79 Å². The van der Waals surface area contributed by atoms with Crippen molar-refractivity contribution in [2.75, 3.05) is 19.5 Å². The normalized spacial score (nSPS) is 13.8. The summed E-state index contributed by atoms with van der Waals surface area (Å²) in [6.45, 7) is 9.38. The second-order valence-electron chi connectivity index (χ2n) is 7.88. The average molecular weight is 356 g/mol. The highest BCUT2D eigenvalue weighted by Crippen LogP contribution is 2.23. The van der Waals surface area contributed by atoms with Crippen molar-refractivity contribution < 1.29 is 14.4 Å². The summed E-state index contributed by atoms with van der Waals surface area (Å²) >= 11 is 0. The zero-order valence-electron chi connectivity index (χ0n) is 16.7. The Morgan fingerprint density at radius 2 is 1.73 bits per heavy atom. The molecular formula is C22H31N2O2+. The molecule has 1 amide bonds. The van der Waals surface area contributed by atoms with Crippen LogP contribution in [0.2, 0.25) is 0 Å². The monoisotopic (exact) mass is 355 g/mol. The van der Waals surface area contributed by atoms with Gasteiger partial charge in [0.1, 0.15) is 12.3 Å². The number of hydrogen-bond donors (Lipinski definition) is 2. The summed E-state index contributed by atoms with van der Waals surface area (Å²) in [6.07, 6.45) is 0. The van der Waals surface area contributed by atoms with Gasteiger partial charge in [0.15, 0.2) is 6.04 Å². The number of likely N-dealkylation sites (N-methyl/N-ethyl adjacent to an activating group) is 1. The smallest absolute Gasteiger partial charge is 0.282 e. The summed E-state index contributed by atoms with van der Waals surface area (Å²) in [7, 11) is 3.65. The largest absolute Gasteiger partial charge is 0.495 e. The molecule has 0 aromatic heterocycles. The van der Waals surface area contributed by atoms with Crippen LogP contribution in [0.3, 0.4) is 0 Å². The summed E-state index contributed by atoms with van der Waals surface area (Å²) in [4.78, 5) is 13.8. The van der Waals surface area contributed by atoms with Crippen molar-refractivity contribution in [3.05, 3.63) is 59.7 Å². The van der Waals surface area contributed by atoms with E-state index in [4.69, 9.17) is 4.74 Å². The summed E-state index contributed by atoms with van der Waals surface area (Å²) in [5, 5.41) is 2.97. The van der Waals surface area contributed by atoms with E-state index < -0.39 is 0 Å². The molecule has 0 saturated carbocycles. The topological polar surface area (TPSA) is 42.8 Å². The SMILES string of the molecule is COc1ccccc1NC(=O)[C@@H](C)[NH+](C)Cc1ccc(C(C)(C)C)cc1. The van der Waals surface area contributed by atoms with Gasteiger partial charge in [-0.05, 0) is 30.0 Å². The van der Waals surface area contributed by atoms with Gasteiger partial charge in [-0.3, -0.25) is 4.79 Å². The van der Waals surface area contributed by atoms with Crippen molar-refractivity contribution in [2.24, 2.45) is 0 Å². The van der Waals surface area contributed by atoms with Crippen LogP contribution in [0.1, 0.15) is 38.8 Å². The molecule has 2 N–H and O–H groups in total. The Hall–Kier alpha value is -2.33. The second kappa shape index (κ2) is 8.37. The second-order valence-corrected chi connectivity index (χ2v) is 7.88. The van der Waals surface area contributed by atoms with Crippen molar-refractivity contribution in [1.29, 1.82) is 0 Å². The number of hydrogen-bond acceptors (Lipinski definition) is 2. The minimum Gasteiger partial charge on any atom is -0.495 e. The summed E-state index contributed by atoms with van der Waals surface area (Å²) in [5.41, 5.74) is 3.40. The average Bonchev–Trinajstić information content (AvgIpc) is 2.61. The molecule has 4 nitrogen and oxygen atoms in total. The van der Waals surface area contributed by atoms with Crippen LogP contribution >= 0.6 is 0 Å². The molecule has 0 aliphatic carbocycles. The third-order valence-corrected chi connectivity index (χ3v) is 4.80. The molecule has 1 unspecified atom stereocenters. The fourth-order valence-corrected chi connectivity index (χ4v) is 2.81. The molecule has 0 heterocycles. The zero-order valence-corrected chi connectivity index (χ0v) is 16.7. The lowest BCUT2D eigenvalue weighted by Gasteiger charge is -2.23. The fourth-order valence-electron chi connectivity index (χ4n) is 2.81. The number of nitrogens with one attached hydrogen (secondary N) is 2. The van der Waals surface area contributed by atoms with Gasteiger partial charge >= 0.3 is 0 Å². The Morgan fingerprint density at radius 3 is 2.31 bits per heavy atom. The van der Waals surface area contributed by atoms with Gasteiger partial charge < -0.3 is 15.0 Å². The number of ether oxygens (including phenoxy) is 1. The quantitative estimate of drug-likeness (QED) is 0.836. The van der Waals surface area contributed by atoms with E-state index in [1.54, 1.807) is 7.11 Å². The first-order valence-electron chi connectivity index (χ1n) is 9.08. The third-order valence-electron chi connectivity index (χ3n) is 4.80. The lowest BCUT2D eigenvalue weighted by Crippen LogP contribution is -3.12. The molecule has 0 radical (unpaired) electrons. The number of methoxy groups -OCH3 is 1. The number of carbonyl (C=O) groups is 1. The van der Waals surface area contributed by atoms with Gasteiger partial charge in [-0.2, -0.15) is 0 Å². The predicted molar refractivity (Wildman–Crippen MR) is 107 cm³/mol. The highest BCUT2D eigenvalue weighted by Gasteiger charge is 2.23. The van der Waals surface area contributed by atoms with E-state index in [1.807, 2.05) is 38.2 Å². The van der Waals surface area contributed by atoms with Crippen LogP contribution in [-0.4, -0.2) is 26.1 Å². The molecule has 0 aliphatic rings. The molecule has 2 atom stereocenters. The van der Waals surface area contributed by atoms with E-state index in [2.05, 4.69) is 50.4 Å². The first-order chi connectivity index (χ1) is 12.2. The minimum absolute atomic E-state index is 0.0155. The van der Waals surface area contributed by atoms with Crippen LogP contribution in [0.5, 0.6) is 5.75 Å². The van der Waals surface area contributed by atoms with Crippen LogP contribution in [0, 0.1) is 0 Å². The highest BCUT2D eigenvalue weighted by molar-refractivity contribution is 5.94. The molecule has 4 heteroatoms. The standard InChI is InChI=1S/C22H30N2O2/c1-16(21(25)23-19-9-7-8-10-20(19)26-6)24(5)15-17-11-13-18(14-12-17)22(2,3)4/h7-14,16H,15H2,1-6H3,(H,23,25)/p+1/t16-/m1/s1. The maximum Gasteiger partial charge on any atom is 0.282 e. The van der Waals surface area contributed by atoms with Gasteiger partial charge in [0.05, 0.1) is 19.8 Å². The summed E-state index contributed by atoms with van der Waals surface area (Å²) < 4.78 is 5.30. The number of amides is 1. The number of para-hydroxylation sites is 2. The summed E-state index contributed by atoms with van der Waals surface area (Å²) in [6, 6.07) is 16.0. The predicted octanol–water partition coefficient (Wildman–Crippen LogP) is 3.03. The molecule has 0 aliphatic heterocycles. The molecule has 26 heavy (non-hydrogen) atoms. The molecule has 0 fully saturated rings. The van der Waals surface area contributed by atoms with Crippen molar-refractivity contribution in [2.45, 2.75) is 45.7 Å². The molecule has 0 spiro atoms. The fraction of sp³-hybridized carbons (Fsp3) is 0.409. The van der Waals surface area contributed by atoms with Crippen molar-refractivity contribution in [3.8, 4) is 5.75 Å². The Kier molecular flexibility index (Phi) is 6.43. The Labute approximate surface area is 157 Å². The molecular weight excluding hydrogens is 324 g/mol. The number of anilines is 1. The van der Waals surface area contributed by atoms with E-state index in [0.717, 1.165) is 11.4 Å². The van der Waals surface area contributed by atoms with E-state index >= 15 is 0 Å². The third kappa shape index (κ3) is 5.09. The number of rotatable bonds is 6. The van der Waals surface area contributed by atoms with Gasteiger partial charge in [-0.1, -0.05) is 57.2 Å².